The van der Waals surface area contributed by atoms with E-state index in [1.165, 1.54) is 0 Å². The summed E-state index contributed by atoms with van der Waals surface area (Å²) in [7, 11) is 0. The highest BCUT2D eigenvalue weighted by Crippen LogP contribution is 2.20. The molecule has 1 aromatic carbocycles. The number of nitrogens with zero attached hydrogens (tertiary/aromatic N) is 3. The van der Waals surface area contributed by atoms with E-state index in [1.807, 2.05) is 46.5 Å². The van der Waals surface area contributed by atoms with Gasteiger partial charge in [0.15, 0.2) is 0 Å². The number of likely N-dealkylation sites (tertiary alicyclic amines) is 1. The smallest absolute Gasteiger partial charge is 0.243 e. The molecule has 2 amide bonds. The molecule has 1 unspecified atom stereocenters. The number of benzene rings is 1. The summed E-state index contributed by atoms with van der Waals surface area (Å²) in [5.41, 5.74) is 2.21. The molecule has 0 aliphatic carbocycles. The molecule has 1 saturated heterocycles. The molecule has 6 nitrogen and oxygen atoms in total. The Kier molecular flexibility index (Phi) is 6.05. The first-order valence-corrected chi connectivity index (χ1v) is 10.7. The summed E-state index contributed by atoms with van der Waals surface area (Å²) >= 11 is 1.58. The van der Waals surface area contributed by atoms with E-state index in [0.29, 0.717) is 26.1 Å². The Balaban J connectivity index is 1.37. The second-order valence-electron chi connectivity index (χ2n) is 7.22. The molecule has 7 heteroatoms. The van der Waals surface area contributed by atoms with Gasteiger partial charge in [-0.3, -0.25) is 9.59 Å². The van der Waals surface area contributed by atoms with Crippen molar-refractivity contribution >= 4 is 23.2 Å². The number of hydrogen-bond donors (Lipinski definition) is 1. The van der Waals surface area contributed by atoms with Crippen LogP contribution in [-0.4, -0.2) is 38.9 Å². The number of hydrogen-bond acceptors (Lipinski definition) is 4. The van der Waals surface area contributed by atoms with Crippen LogP contribution in [0.3, 0.4) is 0 Å². The zero-order valence-corrected chi connectivity index (χ0v) is 17.0. The van der Waals surface area contributed by atoms with E-state index in [4.69, 9.17) is 0 Å². The second-order valence-corrected chi connectivity index (χ2v) is 8.26. The minimum absolute atomic E-state index is 0.0330. The van der Waals surface area contributed by atoms with Crippen LogP contribution >= 0.6 is 11.3 Å². The monoisotopic (exact) mass is 408 g/mol. The predicted octanol–water partition coefficient (Wildman–Crippen LogP) is 2.84. The van der Waals surface area contributed by atoms with E-state index in [-0.39, 0.29) is 17.9 Å². The number of imidazole rings is 1. The van der Waals surface area contributed by atoms with Crippen LogP contribution in [0.25, 0.3) is 0 Å². The number of thiophene rings is 1. The number of nitrogens with one attached hydrogen (secondary N) is 1. The summed E-state index contributed by atoms with van der Waals surface area (Å²) in [6.45, 7) is 1.81. The first kappa shape index (κ1) is 19.4. The molecule has 150 valence electrons. The van der Waals surface area contributed by atoms with Gasteiger partial charge in [0.05, 0.1) is 12.7 Å². The maximum Gasteiger partial charge on any atom is 0.243 e. The van der Waals surface area contributed by atoms with Crippen LogP contribution in [0.4, 0.5) is 0 Å². The Labute approximate surface area is 174 Å². The molecule has 29 heavy (non-hydrogen) atoms. The van der Waals surface area contributed by atoms with E-state index in [9.17, 15) is 9.59 Å². The van der Waals surface area contributed by atoms with Gasteiger partial charge < -0.3 is 14.8 Å². The molecule has 3 aromatic rings. The molecule has 1 fully saturated rings. The van der Waals surface area contributed by atoms with Crippen LogP contribution in [0.15, 0.2) is 60.5 Å². The van der Waals surface area contributed by atoms with Gasteiger partial charge in [-0.05, 0) is 35.4 Å². The highest BCUT2D eigenvalue weighted by atomic mass is 32.1. The fourth-order valence-electron chi connectivity index (χ4n) is 3.76. The van der Waals surface area contributed by atoms with Gasteiger partial charge in [0.25, 0.3) is 0 Å². The van der Waals surface area contributed by atoms with Crippen molar-refractivity contribution in [1.29, 1.82) is 0 Å². The van der Waals surface area contributed by atoms with Gasteiger partial charge >= 0.3 is 0 Å². The Hall–Kier alpha value is -2.93. The van der Waals surface area contributed by atoms with Crippen LogP contribution < -0.4 is 5.32 Å². The molecule has 4 rings (SSSR count). The van der Waals surface area contributed by atoms with Crippen molar-refractivity contribution in [2.24, 2.45) is 0 Å². The lowest BCUT2D eigenvalue weighted by Crippen LogP contribution is -2.46. The summed E-state index contributed by atoms with van der Waals surface area (Å²) in [6.07, 6.45) is 7.42. The molecule has 0 saturated carbocycles. The normalized spacial score (nSPS) is 16.1. The first-order valence-electron chi connectivity index (χ1n) is 9.83. The lowest BCUT2D eigenvalue weighted by Gasteiger charge is -2.24. The number of carbonyl (C=O) groups is 2. The van der Waals surface area contributed by atoms with Crippen molar-refractivity contribution in [3.8, 4) is 0 Å². The molecule has 1 N–H and O–H groups in total. The van der Waals surface area contributed by atoms with E-state index >= 15 is 0 Å². The van der Waals surface area contributed by atoms with Gasteiger partial charge in [-0.25, -0.2) is 4.98 Å². The summed E-state index contributed by atoms with van der Waals surface area (Å²) in [5.74, 6) is -0.0370. The number of rotatable bonds is 7. The van der Waals surface area contributed by atoms with Crippen LogP contribution in [-0.2, 0) is 29.1 Å². The molecule has 2 aromatic heterocycles. The zero-order valence-electron chi connectivity index (χ0n) is 16.2. The molecule has 1 atom stereocenters. The molecule has 0 radical (unpaired) electrons. The van der Waals surface area contributed by atoms with Gasteiger partial charge in [0, 0.05) is 36.9 Å². The van der Waals surface area contributed by atoms with Crippen LogP contribution in [0.1, 0.15) is 28.8 Å². The standard InChI is InChI=1S/C22H24N4O2S/c27-21(13-19-7-4-12-29-19)26-10-3-8-20(26)22(28)24-14-17-5-1-2-6-18(17)15-25-11-9-23-16-25/h1-2,4-7,9,11-12,16,20H,3,8,10,13-15H2,(H,24,28). The average molecular weight is 409 g/mol. The van der Waals surface area contributed by atoms with Crippen molar-refractivity contribution in [3.05, 3.63) is 76.5 Å². The molecule has 1 aliphatic heterocycles. The van der Waals surface area contributed by atoms with Gasteiger partial charge in [-0.2, -0.15) is 0 Å². The quantitative estimate of drug-likeness (QED) is 0.654. The van der Waals surface area contributed by atoms with Gasteiger partial charge in [-0.15, -0.1) is 11.3 Å². The van der Waals surface area contributed by atoms with Crippen LogP contribution in [0, 0.1) is 0 Å². The fraction of sp³-hybridized carbons (Fsp3) is 0.318. The third kappa shape index (κ3) is 4.74. The van der Waals surface area contributed by atoms with Gasteiger partial charge in [0.1, 0.15) is 6.04 Å². The van der Waals surface area contributed by atoms with E-state index in [2.05, 4.69) is 16.4 Å². The third-order valence-corrected chi connectivity index (χ3v) is 6.14. The van der Waals surface area contributed by atoms with E-state index < -0.39 is 0 Å². The Morgan fingerprint density at radius 3 is 2.79 bits per heavy atom. The van der Waals surface area contributed by atoms with E-state index in [0.717, 1.165) is 28.8 Å². The van der Waals surface area contributed by atoms with Gasteiger partial charge in [0.2, 0.25) is 11.8 Å². The van der Waals surface area contributed by atoms with Crippen molar-refractivity contribution in [2.75, 3.05) is 6.54 Å². The lowest BCUT2D eigenvalue weighted by molar-refractivity contribution is -0.138. The van der Waals surface area contributed by atoms with E-state index in [1.54, 1.807) is 28.8 Å². The molecular formula is C22H24N4O2S. The molecular weight excluding hydrogens is 384 g/mol. The fourth-order valence-corrected chi connectivity index (χ4v) is 4.46. The first-order chi connectivity index (χ1) is 14.2. The minimum atomic E-state index is -0.372. The molecule has 0 spiro atoms. The summed E-state index contributed by atoms with van der Waals surface area (Å²) in [6, 6.07) is 11.6. The summed E-state index contributed by atoms with van der Waals surface area (Å²) in [5, 5.41) is 5.02. The molecule has 3 heterocycles. The Morgan fingerprint density at radius 2 is 2.03 bits per heavy atom. The van der Waals surface area contributed by atoms with Crippen molar-refractivity contribution in [3.63, 3.8) is 0 Å². The van der Waals surface area contributed by atoms with Crippen molar-refractivity contribution in [2.45, 2.75) is 38.4 Å². The highest BCUT2D eigenvalue weighted by molar-refractivity contribution is 7.10. The average Bonchev–Trinajstić information content (AvgIpc) is 3.49. The number of carbonyl (C=O) groups excluding carboxylic acids is 2. The highest BCUT2D eigenvalue weighted by Gasteiger charge is 2.33. The maximum absolute atomic E-state index is 12.8. The SMILES string of the molecule is O=C(NCc1ccccc1Cn1ccnc1)C1CCCN1C(=O)Cc1cccs1. The third-order valence-electron chi connectivity index (χ3n) is 5.26. The van der Waals surface area contributed by atoms with Crippen LogP contribution in [0.5, 0.6) is 0 Å². The largest absolute Gasteiger partial charge is 0.350 e. The number of amides is 2. The predicted molar refractivity (Wildman–Crippen MR) is 112 cm³/mol. The maximum atomic E-state index is 12.8. The van der Waals surface area contributed by atoms with Gasteiger partial charge in [-0.1, -0.05) is 30.3 Å². The summed E-state index contributed by atoms with van der Waals surface area (Å²) in [4.78, 5) is 32.4. The minimum Gasteiger partial charge on any atom is -0.350 e. The molecule has 1 aliphatic rings. The number of aromatic nitrogens is 2. The summed E-state index contributed by atoms with van der Waals surface area (Å²) < 4.78 is 2.00. The lowest BCUT2D eigenvalue weighted by atomic mass is 10.1. The van der Waals surface area contributed by atoms with Crippen LogP contribution in [0.2, 0.25) is 0 Å². The Morgan fingerprint density at radius 1 is 1.17 bits per heavy atom. The second kappa shape index (κ2) is 9.05. The van der Waals surface area contributed by atoms with Crippen molar-refractivity contribution < 1.29 is 9.59 Å². The zero-order chi connectivity index (χ0) is 20.1. The van der Waals surface area contributed by atoms with Crippen molar-refractivity contribution in [1.82, 2.24) is 19.8 Å². The Bertz CT molecular complexity index is 953. The molecule has 0 bridgehead atoms. The topological polar surface area (TPSA) is 67.2 Å².